The highest BCUT2D eigenvalue weighted by Gasteiger charge is 2.62. The fourth-order valence-electron chi connectivity index (χ4n) is 3.06. The Bertz CT molecular complexity index is 568. The molecule has 0 aromatic rings. The van der Waals surface area contributed by atoms with Gasteiger partial charge in [0, 0.05) is 5.54 Å². The Kier molecular flexibility index (Phi) is 5.65. The minimum Gasteiger partial charge on any atom is -0.415 e. The summed E-state index contributed by atoms with van der Waals surface area (Å²) < 4.78 is 6.28. The number of nitrogens with zero attached hydrogens (tertiary/aromatic N) is 1. The van der Waals surface area contributed by atoms with Gasteiger partial charge in [-0.2, -0.15) is 0 Å². The van der Waals surface area contributed by atoms with Gasteiger partial charge < -0.3 is 19.7 Å². The Balaban J connectivity index is 2.11. The van der Waals surface area contributed by atoms with Crippen molar-refractivity contribution in [3.05, 3.63) is 0 Å². The first kappa shape index (κ1) is 21.3. The van der Waals surface area contributed by atoms with Crippen LogP contribution in [0.25, 0.3) is 0 Å². The molecule has 4 atom stereocenters. The SMILES string of the molecule is CC(C)(C)NC(=O)C1NC(CO)C(=O)N2C(CO[Si](C)(C)C(C)(C)C)C12. The van der Waals surface area contributed by atoms with E-state index < -0.39 is 20.4 Å². The van der Waals surface area contributed by atoms with E-state index in [0.29, 0.717) is 6.61 Å². The first-order chi connectivity index (χ1) is 11.7. The maximum Gasteiger partial charge on any atom is 0.242 e. The van der Waals surface area contributed by atoms with Crippen LogP contribution in [0.2, 0.25) is 18.1 Å². The van der Waals surface area contributed by atoms with Gasteiger partial charge in [-0.25, -0.2) is 0 Å². The number of nitrogens with one attached hydrogen (secondary N) is 2. The second-order valence-electron chi connectivity index (χ2n) is 9.99. The molecule has 3 N–H and O–H groups in total. The number of rotatable bonds is 5. The highest BCUT2D eigenvalue weighted by molar-refractivity contribution is 6.74. The van der Waals surface area contributed by atoms with Gasteiger partial charge in [0.2, 0.25) is 11.8 Å². The summed E-state index contributed by atoms with van der Waals surface area (Å²) >= 11 is 0. The molecule has 7 nitrogen and oxygen atoms in total. The van der Waals surface area contributed by atoms with Crippen LogP contribution in [0.15, 0.2) is 0 Å². The zero-order valence-electron chi connectivity index (χ0n) is 17.3. The highest BCUT2D eigenvalue weighted by atomic mass is 28.4. The van der Waals surface area contributed by atoms with E-state index in [4.69, 9.17) is 4.43 Å². The molecule has 0 aromatic heterocycles. The van der Waals surface area contributed by atoms with Gasteiger partial charge in [-0.15, -0.1) is 0 Å². The van der Waals surface area contributed by atoms with Crippen molar-refractivity contribution in [2.45, 2.75) is 89.4 Å². The summed E-state index contributed by atoms with van der Waals surface area (Å²) in [5, 5.41) is 15.6. The number of fused-ring (bicyclic) bond motifs is 1. The first-order valence-electron chi connectivity index (χ1n) is 9.35. The molecular weight excluding hydrogens is 350 g/mol. The van der Waals surface area contributed by atoms with E-state index in [1.165, 1.54) is 0 Å². The lowest BCUT2D eigenvalue weighted by Gasteiger charge is -2.36. The Morgan fingerprint density at radius 2 is 1.85 bits per heavy atom. The van der Waals surface area contributed by atoms with Gasteiger partial charge in [0.25, 0.3) is 0 Å². The molecule has 0 aromatic carbocycles. The van der Waals surface area contributed by atoms with Crippen molar-refractivity contribution in [3.8, 4) is 0 Å². The quantitative estimate of drug-likeness (QED) is 0.482. The molecule has 2 rings (SSSR count). The van der Waals surface area contributed by atoms with Crippen molar-refractivity contribution in [3.63, 3.8) is 0 Å². The van der Waals surface area contributed by atoms with Gasteiger partial charge in [-0.1, -0.05) is 20.8 Å². The lowest BCUT2D eigenvalue weighted by molar-refractivity contribution is -0.134. The van der Waals surface area contributed by atoms with Gasteiger partial charge in [0.05, 0.1) is 25.3 Å². The van der Waals surface area contributed by atoms with E-state index in [0.717, 1.165) is 0 Å². The van der Waals surface area contributed by atoms with E-state index in [9.17, 15) is 14.7 Å². The molecule has 8 heteroatoms. The molecule has 0 radical (unpaired) electrons. The number of carbonyl (C=O) groups is 2. The normalized spacial score (nSPS) is 29.4. The topological polar surface area (TPSA) is 90.7 Å². The molecule has 2 aliphatic rings. The number of piperazine rings is 1. The van der Waals surface area contributed by atoms with Crippen LogP contribution in [-0.4, -0.2) is 73.1 Å². The van der Waals surface area contributed by atoms with Crippen molar-refractivity contribution in [1.29, 1.82) is 0 Å². The fourth-order valence-corrected chi connectivity index (χ4v) is 4.08. The van der Waals surface area contributed by atoms with Crippen molar-refractivity contribution >= 4 is 20.1 Å². The molecule has 2 aliphatic heterocycles. The number of aliphatic hydroxyl groups is 1. The van der Waals surface area contributed by atoms with E-state index in [-0.39, 0.29) is 41.1 Å². The van der Waals surface area contributed by atoms with Crippen LogP contribution < -0.4 is 10.6 Å². The summed E-state index contributed by atoms with van der Waals surface area (Å²) in [6, 6.07) is -1.59. The van der Waals surface area contributed by atoms with Crippen LogP contribution >= 0.6 is 0 Å². The summed E-state index contributed by atoms with van der Waals surface area (Å²) in [7, 11) is -1.94. The maximum atomic E-state index is 12.7. The number of hydrogen-bond donors (Lipinski definition) is 3. The van der Waals surface area contributed by atoms with Crippen LogP contribution in [-0.2, 0) is 14.0 Å². The van der Waals surface area contributed by atoms with Gasteiger partial charge in [0.1, 0.15) is 12.1 Å². The molecule has 0 spiro atoms. The Labute approximate surface area is 158 Å². The molecule has 150 valence electrons. The largest absolute Gasteiger partial charge is 0.415 e. The second kappa shape index (κ2) is 6.89. The molecule has 26 heavy (non-hydrogen) atoms. The average Bonchev–Trinajstić information content (AvgIpc) is 3.17. The molecular formula is C18H35N3O4Si. The number of carbonyl (C=O) groups excluding carboxylic acids is 2. The monoisotopic (exact) mass is 385 g/mol. The zero-order valence-corrected chi connectivity index (χ0v) is 18.3. The summed E-state index contributed by atoms with van der Waals surface area (Å²) in [5.41, 5.74) is -0.359. The summed E-state index contributed by atoms with van der Waals surface area (Å²) in [5.74, 6) is -0.297. The van der Waals surface area contributed by atoms with Gasteiger partial charge >= 0.3 is 0 Å². The molecule has 0 saturated carbocycles. The maximum absolute atomic E-state index is 12.7. The van der Waals surface area contributed by atoms with E-state index in [1.807, 2.05) is 20.8 Å². The van der Waals surface area contributed by atoms with Crippen molar-refractivity contribution < 1.29 is 19.1 Å². The van der Waals surface area contributed by atoms with Crippen LogP contribution in [0.4, 0.5) is 0 Å². The third-order valence-electron chi connectivity index (χ3n) is 5.64. The minimum absolute atomic E-state index is 0.0846. The predicted octanol–water partition coefficient (Wildman–Crippen LogP) is 0.835. The summed E-state index contributed by atoms with van der Waals surface area (Å²) in [4.78, 5) is 26.9. The second-order valence-corrected chi connectivity index (χ2v) is 14.8. The molecule has 2 saturated heterocycles. The third kappa shape index (κ3) is 4.29. The van der Waals surface area contributed by atoms with E-state index in [1.54, 1.807) is 4.90 Å². The van der Waals surface area contributed by atoms with Crippen LogP contribution in [0.3, 0.4) is 0 Å². The smallest absolute Gasteiger partial charge is 0.242 e. The third-order valence-corrected chi connectivity index (χ3v) is 10.1. The standard InChI is InChI=1S/C18H35N3O4Si/c1-17(2,3)20-15(23)13-14-12(10-25-26(7,8)18(4,5)6)21(14)16(24)11(9-22)19-13/h11-14,19,22H,9-10H2,1-8H3,(H,20,23). The van der Waals surface area contributed by atoms with Crippen LogP contribution in [0.1, 0.15) is 41.5 Å². The Hall–Kier alpha value is -0.963. The van der Waals surface area contributed by atoms with E-state index in [2.05, 4.69) is 44.5 Å². The molecule has 2 amide bonds. The van der Waals surface area contributed by atoms with Gasteiger partial charge in [-0.05, 0) is 38.9 Å². The molecule has 2 fully saturated rings. The van der Waals surface area contributed by atoms with Crippen LogP contribution in [0, 0.1) is 0 Å². The van der Waals surface area contributed by atoms with Gasteiger partial charge in [0.15, 0.2) is 8.32 Å². The zero-order chi connectivity index (χ0) is 20.1. The van der Waals surface area contributed by atoms with Gasteiger partial charge in [-0.3, -0.25) is 14.9 Å². The number of hydrogen-bond acceptors (Lipinski definition) is 5. The number of amides is 2. The molecule has 2 heterocycles. The first-order valence-corrected chi connectivity index (χ1v) is 12.3. The lowest BCUT2D eigenvalue weighted by atomic mass is 10.0. The molecule has 0 bridgehead atoms. The highest BCUT2D eigenvalue weighted by Crippen LogP contribution is 2.40. The minimum atomic E-state index is -1.94. The summed E-state index contributed by atoms with van der Waals surface area (Å²) in [6.07, 6.45) is 0. The van der Waals surface area contributed by atoms with Crippen molar-refractivity contribution in [2.24, 2.45) is 0 Å². The number of aliphatic hydroxyl groups excluding tert-OH is 1. The predicted molar refractivity (Wildman–Crippen MR) is 103 cm³/mol. The average molecular weight is 386 g/mol. The fraction of sp³-hybridized carbons (Fsp3) is 0.889. The molecule has 0 aliphatic carbocycles. The van der Waals surface area contributed by atoms with Crippen molar-refractivity contribution in [2.75, 3.05) is 13.2 Å². The lowest BCUT2D eigenvalue weighted by Crippen LogP contribution is -2.62. The Morgan fingerprint density at radius 3 is 2.31 bits per heavy atom. The Morgan fingerprint density at radius 1 is 1.27 bits per heavy atom. The summed E-state index contributed by atoms with van der Waals surface area (Å²) in [6.45, 7) is 16.8. The van der Waals surface area contributed by atoms with Crippen molar-refractivity contribution in [1.82, 2.24) is 15.5 Å². The van der Waals surface area contributed by atoms with Crippen LogP contribution in [0.5, 0.6) is 0 Å². The molecule has 4 unspecified atom stereocenters. The van der Waals surface area contributed by atoms with E-state index >= 15 is 0 Å².